The van der Waals surface area contributed by atoms with Gasteiger partial charge in [0.1, 0.15) is 11.7 Å². The topological polar surface area (TPSA) is 78.9 Å². The molecule has 1 amide bonds. The van der Waals surface area contributed by atoms with Gasteiger partial charge in [-0.15, -0.1) is 0 Å². The van der Waals surface area contributed by atoms with Gasteiger partial charge < -0.3 is 14.5 Å². The van der Waals surface area contributed by atoms with E-state index in [0.29, 0.717) is 18.7 Å². The molecule has 150 valence electrons. The van der Waals surface area contributed by atoms with Crippen molar-refractivity contribution >= 4 is 11.6 Å². The summed E-state index contributed by atoms with van der Waals surface area (Å²) < 4.78 is 5.43. The van der Waals surface area contributed by atoms with Crippen LogP contribution in [0.5, 0.6) is 0 Å². The summed E-state index contributed by atoms with van der Waals surface area (Å²) in [5, 5.41) is 14.3. The standard InChI is InChI=1S/C21H33N3O3/c1-12(2)18(17-8-13(3)23-27-17)19(26)24-11-14(25)9-16(24)15-10-20(4,5)21(6,7)22-15/h8,12,14,16,18,25H,9-11H2,1-7H3. The van der Waals surface area contributed by atoms with Crippen LogP contribution in [0.1, 0.15) is 71.8 Å². The van der Waals surface area contributed by atoms with Gasteiger partial charge >= 0.3 is 0 Å². The van der Waals surface area contributed by atoms with Crippen LogP contribution >= 0.6 is 0 Å². The Morgan fingerprint density at radius 3 is 2.48 bits per heavy atom. The molecule has 3 heterocycles. The average molecular weight is 376 g/mol. The number of hydrogen-bond donors (Lipinski definition) is 1. The lowest BCUT2D eigenvalue weighted by atomic mass is 9.74. The van der Waals surface area contributed by atoms with Crippen LogP contribution in [-0.4, -0.2) is 51.0 Å². The molecule has 2 aliphatic heterocycles. The third-order valence-electron chi connectivity index (χ3n) is 6.53. The van der Waals surface area contributed by atoms with Crippen molar-refractivity contribution in [3.8, 4) is 0 Å². The third kappa shape index (κ3) is 3.56. The number of rotatable bonds is 4. The van der Waals surface area contributed by atoms with E-state index in [-0.39, 0.29) is 28.8 Å². The van der Waals surface area contributed by atoms with Gasteiger partial charge in [-0.25, -0.2) is 0 Å². The molecule has 3 atom stereocenters. The number of aromatic nitrogens is 1. The Bertz CT molecular complexity index is 748. The number of nitrogens with zero attached hydrogens (tertiary/aromatic N) is 3. The van der Waals surface area contributed by atoms with E-state index < -0.39 is 12.0 Å². The summed E-state index contributed by atoms with van der Waals surface area (Å²) in [7, 11) is 0. The molecule has 6 nitrogen and oxygen atoms in total. The highest BCUT2D eigenvalue weighted by Crippen LogP contribution is 2.45. The van der Waals surface area contributed by atoms with Crippen molar-refractivity contribution < 1.29 is 14.4 Å². The minimum absolute atomic E-state index is 0.00656. The molecule has 0 aromatic carbocycles. The smallest absolute Gasteiger partial charge is 0.234 e. The molecule has 1 aromatic heterocycles. The van der Waals surface area contributed by atoms with E-state index in [4.69, 9.17) is 9.52 Å². The van der Waals surface area contributed by atoms with Crippen LogP contribution in [0.3, 0.4) is 0 Å². The van der Waals surface area contributed by atoms with Crippen molar-refractivity contribution in [1.29, 1.82) is 0 Å². The number of aliphatic imine (C=N–C) groups is 1. The maximum atomic E-state index is 13.5. The Morgan fingerprint density at radius 2 is 2.00 bits per heavy atom. The van der Waals surface area contributed by atoms with Gasteiger partial charge in [-0.1, -0.05) is 32.9 Å². The average Bonchev–Trinajstić information content (AvgIpc) is 3.16. The summed E-state index contributed by atoms with van der Waals surface area (Å²) in [5.74, 6) is 0.262. The number of carbonyl (C=O) groups is 1. The summed E-state index contributed by atoms with van der Waals surface area (Å²) in [5.41, 5.74) is 1.66. The molecule has 1 saturated heterocycles. The minimum Gasteiger partial charge on any atom is -0.391 e. The SMILES string of the molecule is Cc1cc(C(C(=O)N2CC(O)CC2C2=NC(C)(C)C(C)(C)C2)C(C)C)on1. The van der Waals surface area contributed by atoms with E-state index in [0.717, 1.165) is 17.8 Å². The summed E-state index contributed by atoms with van der Waals surface area (Å²) in [6.45, 7) is 15.0. The third-order valence-corrected chi connectivity index (χ3v) is 6.53. The van der Waals surface area contributed by atoms with Crippen LogP contribution in [0.2, 0.25) is 0 Å². The molecule has 0 bridgehead atoms. The maximum Gasteiger partial charge on any atom is 0.234 e. The monoisotopic (exact) mass is 375 g/mol. The quantitative estimate of drug-likeness (QED) is 0.875. The second-order valence-corrected chi connectivity index (χ2v) is 9.71. The van der Waals surface area contributed by atoms with Crippen LogP contribution in [0.15, 0.2) is 15.6 Å². The molecule has 1 fully saturated rings. The lowest BCUT2D eigenvalue weighted by molar-refractivity contribution is -0.134. The molecule has 0 aliphatic carbocycles. The molecule has 6 heteroatoms. The van der Waals surface area contributed by atoms with E-state index in [9.17, 15) is 9.90 Å². The Kier molecular flexibility index (Phi) is 5.00. The minimum atomic E-state index is -0.516. The zero-order chi connectivity index (χ0) is 20.1. The van der Waals surface area contributed by atoms with Crippen LogP contribution in [0, 0.1) is 18.3 Å². The van der Waals surface area contributed by atoms with Gasteiger partial charge in [-0.05, 0) is 38.5 Å². The molecule has 3 rings (SSSR count). The number of aliphatic hydroxyl groups is 1. The number of aliphatic hydroxyl groups excluding tert-OH is 1. The first-order valence-electron chi connectivity index (χ1n) is 9.93. The van der Waals surface area contributed by atoms with Gasteiger partial charge in [-0.2, -0.15) is 0 Å². The predicted octanol–water partition coefficient (Wildman–Crippen LogP) is 3.33. The van der Waals surface area contributed by atoms with E-state index in [1.807, 2.05) is 31.7 Å². The molecular formula is C21H33N3O3. The van der Waals surface area contributed by atoms with Crippen LogP contribution in [-0.2, 0) is 4.79 Å². The molecule has 3 unspecified atom stereocenters. The number of β-amino-alcohol motifs (C(OH)–C–C–N with tert-alkyl or cyclic N) is 1. The fraction of sp³-hybridized carbons (Fsp3) is 0.762. The van der Waals surface area contributed by atoms with Gasteiger partial charge in [-0.3, -0.25) is 9.79 Å². The summed E-state index contributed by atoms with van der Waals surface area (Å²) >= 11 is 0. The molecule has 0 radical (unpaired) electrons. The van der Waals surface area contributed by atoms with Crippen molar-refractivity contribution in [2.45, 2.75) is 84.9 Å². The lowest BCUT2D eigenvalue weighted by Gasteiger charge is -2.32. The van der Waals surface area contributed by atoms with E-state index in [1.165, 1.54) is 0 Å². The first-order valence-corrected chi connectivity index (χ1v) is 9.93. The van der Waals surface area contributed by atoms with E-state index in [2.05, 4.69) is 32.9 Å². The number of aryl methyl sites for hydroxylation is 1. The Balaban J connectivity index is 1.91. The zero-order valence-electron chi connectivity index (χ0n) is 17.6. The Morgan fingerprint density at radius 1 is 1.33 bits per heavy atom. The number of hydrogen-bond acceptors (Lipinski definition) is 5. The van der Waals surface area contributed by atoms with Gasteiger partial charge in [0.15, 0.2) is 0 Å². The largest absolute Gasteiger partial charge is 0.391 e. The summed E-state index contributed by atoms with van der Waals surface area (Å²) in [4.78, 5) is 20.3. The molecule has 2 aliphatic rings. The van der Waals surface area contributed by atoms with Crippen molar-refractivity contribution in [2.24, 2.45) is 16.3 Å². The van der Waals surface area contributed by atoms with Gasteiger partial charge in [0.2, 0.25) is 5.91 Å². The highest BCUT2D eigenvalue weighted by Gasteiger charge is 2.49. The molecule has 0 spiro atoms. The van der Waals surface area contributed by atoms with Crippen LogP contribution < -0.4 is 0 Å². The zero-order valence-corrected chi connectivity index (χ0v) is 17.6. The van der Waals surface area contributed by atoms with Crippen molar-refractivity contribution in [2.75, 3.05) is 6.54 Å². The van der Waals surface area contributed by atoms with Crippen molar-refractivity contribution in [1.82, 2.24) is 10.1 Å². The lowest BCUT2D eigenvalue weighted by Crippen LogP contribution is -2.44. The number of likely N-dealkylation sites (tertiary alicyclic amines) is 1. The molecule has 1 N–H and O–H groups in total. The predicted molar refractivity (Wildman–Crippen MR) is 105 cm³/mol. The van der Waals surface area contributed by atoms with Crippen molar-refractivity contribution in [3.05, 3.63) is 17.5 Å². The van der Waals surface area contributed by atoms with E-state index >= 15 is 0 Å². The first kappa shape index (κ1) is 20.1. The molecule has 27 heavy (non-hydrogen) atoms. The van der Waals surface area contributed by atoms with Crippen LogP contribution in [0.25, 0.3) is 0 Å². The number of carbonyl (C=O) groups excluding carboxylic acids is 1. The Hall–Kier alpha value is -1.69. The fourth-order valence-electron chi connectivity index (χ4n) is 4.23. The van der Waals surface area contributed by atoms with Gasteiger partial charge in [0, 0.05) is 24.7 Å². The first-order chi connectivity index (χ1) is 12.4. The summed E-state index contributed by atoms with van der Waals surface area (Å²) in [6.07, 6.45) is 0.879. The number of amides is 1. The highest BCUT2D eigenvalue weighted by molar-refractivity contribution is 5.97. The molecule has 1 aromatic rings. The maximum absolute atomic E-state index is 13.5. The second-order valence-electron chi connectivity index (χ2n) is 9.71. The van der Waals surface area contributed by atoms with E-state index in [1.54, 1.807) is 0 Å². The van der Waals surface area contributed by atoms with Crippen LogP contribution in [0.4, 0.5) is 0 Å². The van der Waals surface area contributed by atoms with Gasteiger partial charge in [0.25, 0.3) is 0 Å². The summed E-state index contributed by atoms with van der Waals surface area (Å²) in [6, 6.07) is 1.70. The Labute approximate surface area is 162 Å². The van der Waals surface area contributed by atoms with Crippen molar-refractivity contribution in [3.63, 3.8) is 0 Å². The highest BCUT2D eigenvalue weighted by atomic mass is 16.5. The molecular weight excluding hydrogens is 342 g/mol. The second kappa shape index (κ2) is 6.73. The molecule has 0 saturated carbocycles. The normalized spacial score (nSPS) is 27.9. The fourth-order valence-corrected chi connectivity index (χ4v) is 4.23. The van der Waals surface area contributed by atoms with Gasteiger partial charge in [0.05, 0.1) is 23.4 Å².